The van der Waals surface area contributed by atoms with Gasteiger partial charge in [0.25, 0.3) is 0 Å². The van der Waals surface area contributed by atoms with Crippen LogP contribution < -0.4 is 10.5 Å². The number of nitrogens with two attached hydrogens (primary N) is 1. The van der Waals surface area contributed by atoms with Gasteiger partial charge in [0.1, 0.15) is 5.75 Å². The van der Waals surface area contributed by atoms with E-state index in [1.807, 2.05) is 13.0 Å². The Morgan fingerprint density at radius 3 is 2.68 bits per heavy atom. The number of amides is 1. The summed E-state index contributed by atoms with van der Waals surface area (Å²) in [5.74, 6) is 0.759. The smallest absolute Gasteiger partial charge is 0.407 e. The van der Waals surface area contributed by atoms with Gasteiger partial charge in [0.15, 0.2) is 0 Å². The van der Waals surface area contributed by atoms with Crippen molar-refractivity contribution in [1.82, 2.24) is 9.80 Å². The van der Waals surface area contributed by atoms with Crippen LogP contribution in [0.1, 0.15) is 12.0 Å². The van der Waals surface area contributed by atoms with Gasteiger partial charge in [-0.3, -0.25) is 4.90 Å². The van der Waals surface area contributed by atoms with Crippen molar-refractivity contribution in [3.8, 4) is 5.75 Å². The zero-order chi connectivity index (χ0) is 16.1. The van der Waals surface area contributed by atoms with Crippen LogP contribution in [0.25, 0.3) is 0 Å². The van der Waals surface area contributed by atoms with Crippen molar-refractivity contribution in [1.29, 1.82) is 0 Å². The molecule has 0 radical (unpaired) electrons. The van der Waals surface area contributed by atoms with Crippen molar-refractivity contribution >= 4 is 23.4 Å². The molecule has 0 spiro atoms. The first kappa shape index (κ1) is 16.7. The summed E-state index contributed by atoms with van der Waals surface area (Å²) in [4.78, 5) is 14.5. The lowest BCUT2D eigenvalue weighted by Gasteiger charge is -2.32. The highest BCUT2D eigenvalue weighted by atomic mass is 35.5. The third-order valence-corrected chi connectivity index (χ3v) is 4.14. The number of carbonyl (C=O) groups is 1. The summed E-state index contributed by atoms with van der Waals surface area (Å²) in [6.07, 6.45) is 0.0489. The Hall–Kier alpha value is -1.66. The van der Waals surface area contributed by atoms with Crippen LogP contribution in [0.2, 0.25) is 5.02 Å². The fourth-order valence-electron chi connectivity index (χ4n) is 2.47. The van der Waals surface area contributed by atoms with Crippen molar-refractivity contribution in [2.75, 3.05) is 45.1 Å². The summed E-state index contributed by atoms with van der Waals surface area (Å²) in [6.45, 7) is 6.13. The molecule has 0 saturated carbocycles. The molecule has 1 fully saturated rings. The van der Waals surface area contributed by atoms with Crippen LogP contribution >= 0.6 is 11.6 Å². The lowest BCUT2D eigenvalue weighted by Crippen LogP contribution is -2.48. The second kappa shape index (κ2) is 7.56. The topological polar surface area (TPSA) is 79.0 Å². The molecule has 7 heteroatoms. The molecular formula is C15H22ClN3O3. The number of aryl methyl sites for hydroxylation is 1. The van der Waals surface area contributed by atoms with Gasteiger partial charge in [-0.2, -0.15) is 0 Å². The zero-order valence-electron chi connectivity index (χ0n) is 12.7. The van der Waals surface area contributed by atoms with Crippen LogP contribution in [-0.2, 0) is 0 Å². The van der Waals surface area contributed by atoms with Gasteiger partial charge < -0.3 is 20.5 Å². The molecule has 1 aromatic rings. The summed E-state index contributed by atoms with van der Waals surface area (Å²) in [5, 5.41) is 9.41. The Bertz CT molecular complexity index is 531. The van der Waals surface area contributed by atoms with E-state index in [0.717, 1.165) is 37.4 Å². The third-order valence-electron chi connectivity index (χ3n) is 3.81. The maximum Gasteiger partial charge on any atom is 0.407 e. The highest BCUT2D eigenvalue weighted by Gasteiger charge is 2.19. The molecule has 122 valence electrons. The normalized spacial score (nSPS) is 15.8. The van der Waals surface area contributed by atoms with Crippen LogP contribution in [0.15, 0.2) is 12.1 Å². The van der Waals surface area contributed by atoms with E-state index in [0.29, 0.717) is 30.4 Å². The van der Waals surface area contributed by atoms with E-state index in [9.17, 15) is 4.79 Å². The number of ether oxygens (including phenoxy) is 1. The fraction of sp³-hybridized carbons (Fsp3) is 0.533. The molecule has 0 unspecified atom stereocenters. The molecule has 22 heavy (non-hydrogen) atoms. The molecule has 0 aromatic heterocycles. The molecule has 0 bridgehead atoms. The van der Waals surface area contributed by atoms with E-state index < -0.39 is 6.09 Å². The van der Waals surface area contributed by atoms with Gasteiger partial charge >= 0.3 is 6.09 Å². The van der Waals surface area contributed by atoms with E-state index >= 15 is 0 Å². The van der Waals surface area contributed by atoms with Gasteiger partial charge in [-0.25, -0.2) is 4.79 Å². The van der Waals surface area contributed by atoms with Gasteiger partial charge in [0.2, 0.25) is 0 Å². The molecule has 1 amide bonds. The molecule has 1 heterocycles. The summed E-state index contributed by atoms with van der Waals surface area (Å²) in [5.41, 5.74) is 7.26. The second-order valence-corrected chi connectivity index (χ2v) is 5.86. The SMILES string of the molecule is Cc1cc(N)c(Cl)cc1OCCCN1CCN(C(=O)O)CC1. The molecule has 2 rings (SSSR count). The largest absolute Gasteiger partial charge is 0.493 e. The Balaban J connectivity index is 1.70. The average molecular weight is 328 g/mol. The highest BCUT2D eigenvalue weighted by Crippen LogP contribution is 2.28. The number of nitrogens with zero attached hydrogens (tertiary/aromatic N) is 2. The number of halogens is 1. The summed E-state index contributed by atoms with van der Waals surface area (Å²) < 4.78 is 5.75. The first-order valence-corrected chi connectivity index (χ1v) is 7.74. The first-order valence-electron chi connectivity index (χ1n) is 7.36. The van der Waals surface area contributed by atoms with Crippen molar-refractivity contribution in [3.63, 3.8) is 0 Å². The average Bonchev–Trinajstić information content (AvgIpc) is 2.49. The monoisotopic (exact) mass is 327 g/mol. The number of rotatable bonds is 5. The van der Waals surface area contributed by atoms with Crippen molar-refractivity contribution in [2.45, 2.75) is 13.3 Å². The number of anilines is 1. The molecule has 1 aromatic carbocycles. The Morgan fingerprint density at radius 1 is 1.36 bits per heavy atom. The molecule has 0 aliphatic carbocycles. The number of carboxylic acid groups (broad SMARTS) is 1. The molecule has 3 N–H and O–H groups in total. The fourth-order valence-corrected chi connectivity index (χ4v) is 2.63. The molecule has 1 aliphatic rings. The van der Waals surface area contributed by atoms with Crippen molar-refractivity contribution in [2.24, 2.45) is 0 Å². The lowest BCUT2D eigenvalue weighted by atomic mass is 10.2. The lowest BCUT2D eigenvalue weighted by molar-refractivity contribution is 0.103. The second-order valence-electron chi connectivity index (χ2n) is 5.45. The number of benzene rings is 1. The van der Waals surface area contributed by atoms with E-state index in [1.165, 1.54) is 4.90 Å². The van der Waals surface area contributed by atoms with Crippen LogP contribution in [0.4, 0.5) is 10.5 Å². The predicted molar refractivity (Wildman–Crippen MR) is 86.8 cm³/mol. The van der Waals surface area contributed by atoms with E-state index in [4.69, 9.17) is 27.2 Å². The summed E-state index contributed by atoms with van der Waals surface area (Å²) >= 11 is 5.99. The summed E-state index contributed by atoms with van der Waals surface area (Å²) in [7, 11) is 0. The maximum atomic E-state index is 10.8. The van der Waals surface area contributed by atoms with Crippen LogP contribution in [-0.4, -0.2) is 60.3 Å². The number of hydrogen-bond acceptors (Lipinski definition) is 4. The Labute approximate surface area is 135 Å². The Morgan fingerprint density at radius 2 is 2.05 bits per heavy atom. The number of hydrogen-bond donors (Lipinski definition) is 2. The molecule has 1 aliphatic heterocycles. The molecule has 6 nitrogen and oxygen atoms in total. The Kier molecular flexibility index (Phi) is 5.74. The van der Waals surface area contributed by atoms with E-state index in [1.54, 1.807) is 6.07 Å². The van der Waals surface area contributed by atoms with Crippen LogP contribution in [0.5, 0.6) is 5.75 Å². The molecular weight excluding hydrogens is 306 g/mol. The minimum absolute atomic E-state index is 0.505. The molecule has 1 saturated heterocycles. The van der Waals surface area contributed by atoms with Gasteiger partial charge in [-0.1, -0.05) is 11.6 Å². The van der Waals surface area contributed by atoms with Crippen molar-refractivity contribution < 1.29 is 14.6 Å². The quantitative estimate of drug-likeness (QED) is 0.641. The van der Waals surface area contributed by atoms with Gasteiger partial charge in [-0.15, -0.1) is 0 Å². The van der Waals surface area contributed by atoms with Crippen LogP contribution in [0, 0.1) is 6.92 Å². The van der Waals surface area contributed by atoms with Gasteiger partial charge in [0.05, 0.1) is 17.3 Å². The first-order chi connectivity index (χ1) is 10.5. The third kappa shape index (κ3) is 4.42. The number of piperazine rings is 1. The van der Waals surface area contributed by atoms with Crippen LogP contribution in [0.3, 0.4) is 0 Å². The molecule has 0 atom stereocenters. The van der Waals surface area contributed by atoms with Gasteiger partial charge in [0, 0.05) is 38.8 Å². The van der Waals surface area contributed by atoms with E-state index in [2.05, 4.69) is 4.90 Å². The van der Waals surface area contributed by atoms with E-state index in [-0.39, 0.29) is 0 Å². The van der Waals surface area contributed by atoms with Crippen molar-refractivity contribution in [3.05, 3.63) is 22.7 Å². The standard InChI is InChI=1S/C15H22ClN3O3/c1-11-9-13(17)12(16)10-14(11)22-8-2-3-18-4-6-19(7-5-18)15(20)21/h9-10H,2-8,17H2,1H3,(H,20,21). The zero-order valence-corrected chi connectivity index (χ0v) is 13.5. The minimum Gasteiger partial charge on any atom is -0.493 e. The maximum absolute atomic E-state index is 10.8. The number of nitrogen functional groups attached to an aromatic ring is 1. The highest BCUT2D eigenvalue weighted by molar-refractivity contribution is 6.33. The predicted octanol–water partition coefficient (Wildman–Crippen LogP) is 2.30. The summed E-state index contributed by atoms with van der Waals surface area (Å²) in [6, 6.07) is 3.56. The van der Waals surface area contributed by atoms with Gasteiger partial charge in [-0.05, 0) is 25.0 Å². The minimum atomic E-state index is -0.835.